The standard InChI is InChI=1S/C6H13NO3/c8-5-3-1-2-4-6(9)7-10/h8,10H,1-5H2,(H,7,9). The highest BCUT2D eigenvalue weighted by molar-refractivity contribution is 5.74. The second-order valence-electron chi connectivity index (χ2n) is 2.07. The van der Waals surface area contributed by atoms with Gasteiger partial charge in [0.05, 0.1) is 0 Å². The smallest absolute Gasteiger partial charge is 0.243 e. The minimum Gasteiger partial charge on any atom is -0.396 e. The highest BCUT2D eigenvalue weighted by atomic mass is 16.5. The molecule has 4 nitrogen and oxygen atoms in total. The molecule has 0 bridgehead atoms. The summed E-state index contributed by atoms with van der Waals surface area (Å²) in [6.07, 6.45) is 2.59. The number of amides is 1. The van der Waals surface area contributed by atoms with Crippen LogP contribution in [0.1, 0.15) is 25.7 Å². The van der Waals surface area contributed by atoms with Crippen LogP contribution in [0.2, 0.25) is 0 Å². The number of nitrogens with one attached hydrogen (secondary N) is 1. The average molecular weight is 147 g/mol. The normalized spacial score (nSPS) is 9.40. The molecular formula is C6H13NO3. The van der Waals surface area contributed by atoms with Crippen molar-refractivity contribution in [3.63, 3.8) is 0 Å². The van der Waals surface area contributed by atoms with E-state index in [1.807, 2.05) is 0 Å². The lowest BCUT2D eigenvalue weighted by Gasteiger charge is -1.96. The van der Waals surface area contributed by atoms with Crippen molar-refractivity contribution in [3.05, 3.63) is 0 Å². The van der Waals surface area contributed by atoms with Crippen LogP contribution in [0, 0.1) is 0 Å². The van der Waals surface area contributed by atoms with Crippen molar-refractivity contribution in [1.82, 2.24) is 5.48 Å². The molecule has 0 saturated heterocycles. The van der Waals surface area contributed by atoms with E-state index in [1.165, 1.54) is 0 Å². The third-order valence-corrected chi connectivity index (χ3v) is 1.19. The van der Waals surface area contributed by atoms with Crippen LogP contribution >= 0.6 is 0 Å². The number of hydrogen-bond acceptors (Lipinski definition) is 3. The predicted octanol–water partition coefficient (Wildman–Crippen LogP) is 0.0445. The zero-order valence-corrected chi connectivity index (χ0v) is 5.84. The van der Waals surface area contributed by atoms with E-state index >= 15 is 0 Å². The first-order chi connectivity index (χ1) is 4.81. The van der Waals surface area contributed by atoms with Gasteiger partial charge < -0.3 is 5.11 Å². The first kappa shape index (κ1) is 9.39. The Kier molecular flexibility index (Phi) is 6.11. The summed E-state index contributed by atoms with van der Waals surface area (Å²) in [7, 11) is 0. The van der Waals surface area contributed by atoms with Gasteiger partial charge in [0.1, 0.15) is 0 Å². The molecule has 0 spiro atoms. The van der Waals surface area contributed by atoms with Crippen molar-refractivity contribution >= 4 is 5.91 Å². The summed E-state index contributed by atoms with van der Waals surface area (Å²) in [5.41, 5.74) is 1.54. The van der Waals surface area contributed by atoms with Gasteiger partial charge in [0, 0.05) is 13.0 Å². The van der Waals surface area contributed by atoms with Crippen molar-refractivity contribution in [1.29, 1.82) is 0 Å². The summed E-state index contributed by atoms with van der Waals surface area (Å²) in [6.45, 7) is 0.167. The van der Waals surface area contributed by atoms with Crippen LogP contribution in [0.25, 0.3) is 0 Å². The highest BCUT2D eigenvalue weighted by Gasteiger charge is 1.96. The molecule has 0 aromatic rings. The van der Waals surface area contributed by atoms with E-state index in [1.54, 1.807) is 5.48 Å². The molecule has 0 saturated carbocycles. The van der Waals surface area contributed by atoms with E-state index in [0.717, 1.165) is 12.8 Å². The molecular weight excluding hydrogens is 134 g/mol. The van der Waals surface area contributed by atoms with Gasteiger partial charge >= 0.3 is 0 Å². The number of hydroxylamine groups is 1. The number of hydrogen-bond donors (Lipinski definition) is 3. The van der Waals surface area contributed by atoms with Crippen LogP contribution in [0.5, 0.6) is 0 Å². The highest BCUT2D eigenvalue weighted by Crippen LogP contribution is 1.97. The lowest BCUT2D eigenvalue weighted by atomic mass is 10.2. The van der Waals surface area contributed by atoms with Crippen molar-refractivity contribution in [3.8, 4) is 0 Å². The Balaban J connectivity index is 2.96. The van der Waals surface area contributed by atoms with Crippen molar-refractivity contribution in [2.24, 2.45) is 0 Å². The number of carbonyl (C=O) groups excluding carboxylic acids is 1. The van der Waals surface area contributed by atoms with Crippen LogP contribution in [0.4, 0.5) is 0 Å². The van der Waals surface area contributed by atoms with Crippen LogP contribution < -0.4 is 5.48 Å². The SMILES string of the molecule is O=C(CCCCCO)NO. The Bertz CT molecular complexity index is 95.0. The molecule has 10 heavy (non-hydrogen) atoms. The minimum absolute atomic E-state index is 0.167. The fraction of sp³-hybridized carbons (Fsp3) is 0.833. The van der Waals surface area contributed by atoms with Crippen molar-refractivity contribution < 1.29 is 15.1 Å². The van der Waals surface area contributed by atoms with Gasteiger partial charge in [-0.25, -0.2) is 5.48 Å². The molecule has 0 aliphatic carbocycles. The van der Waals surface area contributed by atoms with Gasteiger partial charge in [-0.15, -0.1) is 0 Å². The predicted molar refractivity (Wildman–Crippen MR) is 35.5 cm³/mol. The average Bonchev–Trinajstić information content (AvgIpc) is 1.98. The monoisotopic (exact) mass is 147 g/mol. The zero-order chi connectivity index (χ0) is 7.82. The molecule has 4 heteroatoms. The lowest BCUT2D eigenvalue weighted by molar-refractivity contribution is -0.129. The maximum Gasteiger partial charge on any atom is 0.243 e. The Morgan fingerprint density at radius 3 is 2.50 bits per heavy atom. The van der Waals surface area contributed by atoms with E-state index in [-0.39, 0.29) is 12.5 Å². The third kappa shape index (κ3) is 5.53. The molecule has 3 N–H and O–H groups in total. The molecule has 0 rings (SSSR count). The van der Waals surface area contributed by atoms with Gasteiger partial charge in [0.2, 0.25) is 5.91 Å². The van der Waals surface area contributed by atoms with E-state index in [0.29, 0.717) is 12.8 Å². The van der Waals surface area contributed by atoms with Gasteiger partial charge in [-0.3, -0.25) is 10.0 Å². The first-order valence-electron chi connectivity index (χ1n) is 3.35. The molecule has 0 atom stereocenters. The molecule has 0 fully saturated rings. The van der Waals surface area contributed by atoms with Crippen LogP contribution in [-0.2, 0) is 4.79 Å². The molecule has 0 aromatic carbocycles. The van der Waals surface area contributed by atoms with Crippen molar-refractivity contribution in [2.75, 3.05) is 6.61 Å². The maximum atomic E-state index is 10.4. The molecule has 0 unspecified atom stereocenters. The third-order valence-electron chi connectivity index (χ3n) is 1.19. The Morgan fingerprint density at radius 1 is 1.30 bits per heavy atom. The number of carbonyl (C=O) groups is 1. The van der Waals surface area contributed by atoms with Crippen LogP contribution in [-0.4, -0.2) is 22.8 Å². The number of unbranched alkanes of at least 4 members (excludes halogenated alkanes) is 2. The Hall–Kier alpha value is -0.610. The van der Waals surface area contributed by atoms with E-state index in [4.69, 9.17) is 10.3 Å². The summed E-state index contributed by atoms with van der Waals surface area (Å²) in [6, 6.07) is 0. The second kappa shape index (κ2) is 6.51. The van der Waals surface area contributed by atoms with Gasteiger partial charge in [0.15, 0.2) is 0 Å². The summed E-state index contributed by atoms with van der Waals surface area (Å²) in [5, 5.41) is 16.4. The largest absolute Gasteiger partial charge is 0.396 e. The molecule has 60 valence electrons. The molecule has 0 aliphatic rings. The van der Waals surface area contributed by atoms with Gasteiger partial charge in [-0.05, 0) is 12.8 Å². The van der Waals surface area contributed by atoms with Gasteiger partial charge in [0.25, 0.3) is 0 Å². The number of aliphatic hydroxyl groups excluding tert-OH is 1. The van der Waals surface area contributed by atoms with Crippen LogP contribution in [0.3, 0.4) is 0 Å². The first-order valence-corrected chi connectivity index (χ1v) is 3.35. The quantitative estimate of drug-likeness (QED) is 0.292. The summed E-state index contributed by atoms with van der Waals surface area (Å²) in [5.74, 6) is -0.363. The topological polar surface area (TPSA) is 69.6 Å². The Labute approximate surface area is 59.8 Å². The molecule has 1 amide bonds. The van der Waals surface area contributed by atoms with Crippen LogP contribution in [0.15, 0.2) is 0 Å². The fourth-order valence-electron chi connectivity index (χ4n) is 0.630. The Morgan fingerprint density at radius 2 is 2.00 bits per heavy atom. The number of rotatable bonds is 5. The van der Waals surface area contributed by atoms with E-state index in [9.17, 15) is 4.79 Å². The molecule has 0 radical (unpaired) electrons. The molecule has 0 aliphatic heterocycles. The van der Waals surface area contributed by atoms with Gasteiger partial charge in [-0.2, -0.15) is 0 Å². The van der Waals surface area contributed by atoms with Gasteiger partial charge in [-0.1, -0.05) is 6.42 Å². The lowest BCUT2D eigenvalue weighted by Crippen LogP contribution is -2.17. The zero-order valence-electron chi connectivity index (χ0n) is 5.84. The summed E-state index contributed by atoms with van der Waals surface area (Å²) >= 11 is 0. The second-order valence-corrected chi connectivity index (χ2v) is 2.07. The fourth-order valence-corrected chi connectivity index (χ4v) is 0.630. The van der Waals surface area contributed by atoms with Crippen molar-refractivity contribution in [2.45, 2.75) is 25.7 Å². The van der Waals surface area contributed by atoms with E-state index in [2.05, 4.69) is 0 Å². The molecule has 0 heterocycles. The summed E-state index contributed by atoms with van der Waals surface area (Å²) < 4.78 is 0. The van der Waals surface area contributed by atoms with E-state index < -0.39 is 0 Å². The minimum atomic E-state index is -0.363. The maximum absolute atomic E-state index is 10.4. The number of aliphatic hydroxyl groups is 1. The summed E-state index contributed by atoms with van der Waals surface area (Å²) in [4.78, 5) is 10.4. The molecule has 0 aromatic heterocycles.